The largest absolute Gasteiger partial charge is 0.465 e. The van der Waals surface area contributed by atoms with E-state index in [1.807, 2.05) is 44.0 Å². The van der Waals surface area contributed by atoms with E-state index in [2.05, 4.69) is 32.8 Å². The van der Waals surface area contributed by atoms with Crippen molar-refractivity contribution in [2.45, 2.75) is 52.2 Å². The molecule has 2 aliphatic heterocycles. The summed E-state index contributed by atoms with van der Waals surface area (Å²) in [5.74, 6) is -0.331. The van der Waals surface area contributed by atoms with Gasteiger partial charge >= 0.3 is 12.1 Å². The molecule has 0 bridgehead atoms. The normalized spacial score (nSPS) is 17.4. The number of likely N-dealkylation sites (tertiary alicyclic amines) is 1. The summed E-state index contributed by atoms with van der Waals surface area (Å²) in [6.07, 6.45) is 6.93. The van der Waals surface area contributed by atoms with Crippen LogP contribution in [-0.2, 0) is 16.0 Å². The fourth-order valence-corrected chi connectivity index (χ4v) is 5.59. The second kappa shape index (κ2) is 9.72. The number of hydrogen-bond donors (Lipinski definition) is 0. The van der Waals surface area contributed by atoms with E-state index >= 15 is 0 Å². The van der Waals surface area contributed by atoms with Crippen molar-refractivity contribution < 1.29 is 19.1 Å². The zero-order chi connectivity index (χ0) is 26.2. The Hall–Kier alpha value is -3.55. The second-order valence-electron chi connectivity index (χ2n) is 11.3. The number of carbonyl (C=O) groups excluding carboxylic acids is 2. The number of fused-ring (bicyclic) bond motifs is 1. The molecule has 1 spiro atoms. The van der Waals surface area contributed by atoms with E-state index in [1.54, 1.807) is 12.1 Å². The van der Waals surface area contributed by atoms with Gasteiger partial charge < -0.3 is 23.8 Å². The van der Waals surface area contributed by atoms with Crippen molar-refractivity contribution in [3.05, 3.63) is 59.9 Å². The minimum atomic E-state index is -0.466. The minimum absolute atomic E-state index is 0.182. The minimum Gasteiger partial charge on any atom is -0.465 e. The molecule has 2 aromatic heterocycles. The summed E-state index contributed by atoms with van der Waals surface area (Å²) in [6.45, 7) is 9.90. The number of hydrogen-bond acceptors (Lipinski definition) is 6. The fraction of sp³-hybridized carbons (Fsp3) is 0.483. The van der Waals surface area contributed by atoms with Crippen LogP contribution in [0.2, 0.25) is 0 Å². The Morgan fingerprint density at radius 2 is 1.70 bits per heavy atom. The number of ether oxygens (including phenoxy) is 2. The third-order valence-electron chi connectivity index (χ3n) is 7.62. The highest BCUT2D eigenvalue weighted by Crippen LogP contribution is 2.42. The number of piperidine rings is 1. The number of aromatic nitrogens is 2. The molecule has 0 atom stereocenters. The predicted molar refractivity (Wildman–Crippen MR) is 143 cm³/mol. The van der Waals surface area contributed by atoms with Gasteiger partial charge in [0, 0.05) is 56.2 Å². The van der Waals surface area contributed by atoms with Crippen molar-refractivity contribution in [2.24, 2.45) is 5.41 Å². The summed E-state index contributed by atoms with van der Waals surface area (Å²) in [5.41, 5.74) is 3.51. The topological polar surface area (TPSA) is 76.9 Å². The van der Waals surface area contributed by atoms with Crippen LogP contribution in [0, 0.1) is 5.41 Å². The lowest BCUT2D eigenvalue weighted by molar-refractivity contribution is 0.0266. The molecule has 0 radical (unpaired) electrons. The van der Waals surface area contributed by atoms with Gasteiger partial charge in [-0.3, -0.25) is 0 Å². The molecule has 1 aromatic carbocycles. The first-order valence-corrected chi connectivity index (χ1v) is 13.0. The lowest BCUT2D eigenvalue weighted by atomic mass is 9.77. The van der Waals surface area contributed by atoms with Crippen LogP contribution in [0.4, 0.5) is 10.5 Å². The number of esters is 1. The van der Waals surface area contributed by atoms with Gasteiger partial charge in [0.05, 0.1) is 12.7 Å². The summed E-state index contributed by atoms with van der Waals surface area (Å²) in [6, 6.07) is 11.7. The Balaban J connectivity index is 1.26. The zero-order valence-electron chi connectivity index (χ0n) is 22.2. The summed E-state index contributed by atoms with van der Waals surface area (Å²) < 4.78 is 12.5. The van der Waals surface area contributed by atoms with Crippen LogP contribution < -0.4 is 4.90 Å². The van der Waals surface area contributed by atoms with Crippen LogP contribution >= 0.6 is 0 Å². The molecule has 8 heteroatoms. The number of carbonyl (C=O) groups is 2. The van der Waals surface area contributed by atoms with E-state index in [4.69, 9.17) is 9.47 Å². The molecule has 2 fully saturated rings. The highest BCUT2D eigenvalue weighted by Gasteiger charge is 2.43. The summed E-state index contributed by atoms with van der Waals surface area (Å²) in [4.78, 5) is 33.3. The van der Waals surface area contributed by atoms with Crippen LogP contribution in [0.25, 0.3) is 11.0 Å². The molecule has 8 nitrogen and oxygen atoms in total. The number of rotatable bonds is 4. The van der Waals surface area contributed by atoms with Gasteiger partial charge in [0.2, 0.25) is 0 Å². The molecule has 0 aliphatic carbocycles. The van der Waals surface area contributed by atoms with Gasteiger partial charge in [0.25, 0.3) is 0 Å². The van der Waals surface area contributed by atoms with Crippen molar-refractivity contribution in [3.63, 3.8) is 0 Å². The highest BCUT2D eigenvalue weighted by molar-refractivity contribution is 5.90. The first-order valence-electron chi connectivity index (χ1n) is 13.0. The first kappa shape index (κ1) is 25.1. The second-order valence-corrected chi connectivity index (χ2v) is 11.3. The zero-order valence-corrected chi connectivity index (χ0v) is 22.2. The van der Waals surface area contributed by atoms with Crippen LogP contribution in [0.15, 0.2) is 48.8 Å². The third-order valence-corrected chi connectivity index (χ3v) is 7.62. The maximum Gasteiger partial charge on any atom is 0.410 e. The van der Waals surface area contributed by atoms with Gasteiger partial charge in [-0.05, 0) is 75.3 Å². The fourth-order valence-electron chi connectivity index (χ4n) is 5.59. The predicted octanol–water partition coefficient (Wildman–Crippen LogP) is 5.10. The average molecular weight is 505 g/mol. The molecule has 2 aliphatic rings. The Morgan fingerprint density at radius 3 is 2.38 bits per heavy atom. The molecule has 4 heterocycles. The summed E-state index contributed by atoms with van der Waals surface area (Å²) >= 11 is 0. The summed E-state index contributed by atoms with van der Waals surface area (Å²) in [5, 5.41) is 1.14. The van der Waals surface area contributed by atoms with E-state index in [0.717, 1.165) is 62.0 Å². The van der Waals surface area contributed by atoms with Crippen LogP contribution in [-0.4, -0.2) is 65.4 Å². The number of nitrogens with zero attached hydrogens (tertiary/aromatic N) is 4. The highest BCUT2D eigenvalue weighted by atomic mass is 16.6. The van der Waals surface area contributed by atoms with Gasteiger partial charge in [-0.2, -0.15) is 0 Å². The van der Waals surface area contributed by atoms with Crippen molar-refractivity contribution in [3.8, 4) is 0 Å². The monoisotopic (exact) mass is 504 g/mol. The third kappa shape index (κ3) is 5.29. The van der Waals surface area contributed by atoms with E-state index in [1.165, 1.54) is 12.8 Å². The standard InChI is InChI=1S/C29H36N4O4/c1-28(2,3)37-27(35)33-18-13-29(20-33)11-16-31(17-12-29)24-9-14-30-25-23(24)10-15-32(25)19-21-5-7-22(8-6-21)26(34)36-4/h5-10,14-15H,11-13,16-20H2,1-4H3. The molecular formula is C29H36N4O4. The molecule has 196 valence electrons. The summed E-state index contributed by atoms with van der Waals surface area (Å²) in [7, 11) is 1.39. The molecule has 0 N–H and O–H groups in total. The maximum atomic E-state index is 12.6. The molecule has 0 saturated carbocycles. The van der Waals surface area contributed by atoms with Gasteiger partial charge in [-0.25, -0.2) is 14.6 Å². The molecule has 0 unspecified atom stereocenters. The molecule has 1 amide bonds. The Labute approximate surface area is 218 Å². The first-order chi connectivity index (χ1) is 17.7. The van der Waals surface area contributed by atoms with Crippen molar-refractivity contribution >= 4 is 28.8 Å². The molecular weight excluding hydrogens is 468 g/mol. The maximum absolute atomic E-state index is 12.6. The van der Waals surface area contributed by atoms with Crippen molar-refractivity contribution in [2.75, 3.05) is 38.2 Å². The van der Waals surface area contributed by atoms with Gasteiger partial charge in [0.15, 0.2) is 0 Å². The lowest BCUT2D eigenvalue weighted by Gasteiger charge is -2.40. The van der Waals surface area contributed by atoms with Crippen LogP contribution in [0.5, 0.6) is 0 Å². The molecule has 5 rings (SSSR count). The molecule has 2 saturated heterocycles. The number of pyridine rings is 1. The smallest absolute Gasteiger partial charge is 0.410 e. The van der Waals surface area contributed by atoms with E-state index in [0.29, 0.717) is 12.1 Å². The average Bonchev–Trinajstić information content (AvgIpc) is 3.48. The van der Waals surface area contributed by atoms with Crippen LogP contribution in [0.1, 0.15) is 56.0 Å². The molecule has 3 aromatic rings. The Morgan fingerprint density at radius 1 is 1.00 bits per heavy atom. The molecule has 37 heavy (non-hydrogen) atoms. The van der Waals surface area contributed by atoms with Gasteiger partial charge in [0.1, 0.15) is 11.2 Å². The van der Waals surface area contributed by atoms with Gasteiger partial charge in [-0.15, -0.1) is 0 Å². The number of anilines is 1. The lowest BCUT2D eigenvalue weighted by Crippen LogP contribution is -2.43. The quantitative estimate of drug-likeness (QED) is 0.460. The Kier molecular flexibility index (Phi) is 6.60. The number of benzene rings is 1. The van der Waals surface area contributed by atoms with Crippen molar-refractivity contribution in [1.29, 1.82) is 0 Å². The van der Waals surface area contributed by atoms with Gasteiger partial charge in [-0.1, -0.05) is 12.1 Å². The number of amides is 1. The number of methoxy groups -OCH3 is 1. The van der Waals surface area contributed by atoms with E-state index < -0.39 is 5.60 Å². The SMILES string of the molecule is COC(=O)c1ccc(Cn2ccc3c(N4CCC5(CCN(C(=O)OC(C)(C)C)C5)CC4)ccnc32)cc1. The van der Waals surface area contributed by atoms with Crippen molar-refractivity contribution in [1.82, 2.24) is 14.5 Å². The van der Waals surface area contributed by atoms with E-state index in [9.17, 15) is 9.59 Å². The van der Waals surface area contributed by atoms with Crippen LogP contribution in [0.3, 0.4) is 0 Å². The Bertz CT molecular complexity index is 1280. The van der Waals surface area contributed by atoms with E-state index in [-0.39, 0.29) is 17.5 Å².